The Hall–Kier alpha value is -3.10. The number of halogens is 3. The highest BCUT2D eigenvalue weighted by Crippen LogP contribution is 2.44. The molecule has 0 saturated carbocycles. The van der Waals surface area contributed by atoms with E-state index in [9.17, 15) is 32.7 Å². The lowest BCUT2D eigenvalue weighted by Gasteiger charge is -2.48. The van der Waals surface area contributed by atoms with Crippen molar-refractivity contribution in [2.45, 2.75) is 24.0 Å². The minimum absolute atomic E-state index is 0.0184. The molecule has 0 bridgehead atoms. The van der Waals surface area contributed by atoms with Crippen molar-refractivity contribution >= 4 is 35.2 Å². The number of nitrogens with zero attached hydrogens (tertiary/aromatic N) is 1. The molecule has 0 spiro atoms. The van der Waals surface area contributed by atoms with Gasteiger partial charge in [0.1, 0.15) is 17.1 Å². The van der Waals surface area contributed by atoms with Gasteiger partial charge in [0.25, 0.3) is 0 Å². The summed E-state index contributed by atoms with van der Waals surface area (Å²) < 4.78 is 31.7. The Labute approximate surface area is 188 Å². The van der Waals surface area contributed by atoms with Gasteiger partial charge in [-0.25, -0.2) is 9.59 Å². The van der Waals surface area contributed by atoms with Crippen LogP contribution in [0.15, 0.2) is 40.0 Å². The molecule has 2 atom stereocenters. The number of nitrogens with two attached hydrogens (primary N) is 1. The maximum Gasteiger partial charge on any atom is 0.490 e. The van der Waals surface area contributed by atoms with Gasteiger partial charge in [-0.15, -0.1) is 11.8 Å². The zero-order valence-corrected chi connectivity index (χ0v) is 17.6. The van der Waals surface area contributed by atoms with E-state index >= 15 is 0 Å². The number of pyridine rings is 1. The van der Waals surface area contributed by atoms with Crippen molar-refractivity contribution in [3.8, 4) is 0 Å². The highest BCUT2D eigenvalue weighted by Gasteiger charge is 2.52. The summed E-state index contributed by atoms with van der Waals surface area (Å²) in [4.78, 5) is 48.8. The molecule has 6 N–H and O–H groups in total. The number of β-lactam (4-membered cyclic amide) rings is 1. The number of allylic oxidation sites excluding steroid dienone is 1. The highest BCUT2D eigenvalue weighted by atomic mass is 32.2. The van der Waals surface area contributed by atoms with Gasteiger partial charge in [0.2, 0.25) is 11.5 Å². The van der Waals surface area contributed by atoms with Gasteiger partial charge in [-0.1, -0.05) is 0 Å². The SMILES string of the molecule is N[C@@H]1C(=O)N2C(C(=O)O)=C(C(=C3CCNC3)c3cc[nH]c(=O)c3)CS[C@H]12.O=C(O)C(F)(F)F. The lowest BCUT2D eigenvalue weighted by Crippen LogP contribution is -2.68. The molecule has 33 heavy (non-hydrogen) atoms. The first-order chi connectivity index (χ1) is 15.4. The van der Waals surface area contributed by atoms with E-state index in [0.29, 0.717) is 23.4 Å². The smallest absolute Gasteiger partial charge is 0.477 e. The van der Waals surface area contributed by atoms with Crippen molar-refractivity contribution in [3.63, 3.8) is 0 Å². The number of carbonyl (C=O) groups is 3. The minimum atomic E-state index is -5.08. The summed E-state index contributed by atoms with van der Waals surface area (Å²) in [5.74, 6) is -3.86. The van der Waals surface area contributed by atoms with Gasteiger partial charge in [0.15, 0.2) is 0 Å². The Morgan fingerprint density at radius 2 is 1.91 bits per heavy atom. The topological polar surface area (TPSA) is 166 Å². The van der Waals surface area contributed by atoms with E-state index in [1.807, 2.05) is 0 Å². The van der Waals surface area contributed by atoms with Crippen molar-refractivity contribution in [3.05, 3.63) is 51.1 Å². The number of carboxylic acids is 2. The van der Waals surface area contributed by atoms with Gasteiger partial charge >= 0.3 is 18.1 Å². The number of aliphatic carboxylic acids is 2. The van der Waals surface area contributed by atoms with Crippen LogP contribution in [0.2, 0.25) is 0 Å². The molecule has 3 aliphatic rings. The van der Waals surface area contributed by atoms with E-state index in [1.54, 1.807) is 12.3 Å². The summed E-state index contributed by atoms with van der Waals surface area (Å²) in [6.45, 7) is 1.42. The quantitative estimate of drug-likeness (QED) is 0.377. The molecule has 178 valence electrons. The fourth-order valence-corrected chi connectivity index (χ4v) is 4.98. The lowest BCUT2D eigenvalue weighted by atomic mass is 9.90. The second-order valence-electron chi connectivity index (χ2n) is 7.22. The van der Waals surface area contributed by atoms with Crippen molar-refractivity contribution in [1.82, 2.24) is 15.2 Å². The monoisotopic (exact) mass is 488 g/mol. The molecule has 0 aromatic carbocycles. The number of aromatic amines is 1. The number of fused-ring (bicyclic) bond motifs is 1. The molecule has 2 saturated heterocycles. The number of aromatic nitrogens is 1. The number of alkyl halides is 3. The average Bonchev–Trinajstić information content (AvgIpc) is 3.27. The molecule has 10 nitrogen and oxygen atoms in total. The first kappa shape index (κ1) is 24.5. The second-order valence-corrected chi connectivity index (χ2v) is 8.32. The first-order valence-electron chi connectivity index (χ1n) is 9.52. The molecule has 1 aromatic heterocycles. The number of rotatable bonds is 3. The van der Waals surface area contributed by atoms with Crippen LogP contribution in [0.25, 0.3) is 5.57 Å². The molecule has 14 heteroatoms. The Morgan fingerprint density at radius 1 is 1.24 bits per heavy atom. The summed E-state index contributed by atoms with van der Waals surface area (Å²) in [5, 5.41) is 19.9. The van der Waals surface area contributed by atoms with Crippen LogP contribution >= 0.6 is 11.8 Å². The van der Waals surface area contributed by atoms with E-state index in [1.165, 1.54) is 22.7 Å². The van der Waals surface area contributed by atoms with Crippen LogP contribution in [0, 0.1) is 0 Å². The Bertz CT molecular complexity index is 1110. The van der Waals surface area contributed by atoms with Gasteiger partial charge in [-0.3, -0.25) is 14.5 Å². The van der Waals surface area contributed by atoms with E-state index in [4.69, 9.17) is 15.6 Å². The van der Waals surface area contributed by atoms with Crippen molar-refractivity contribution in [1.29, 1.82) is 0 Å². The molecule has 2 fully saturated rings. The number of hydrogen-bond donors (Lipinski definition) is 5. The number of H-pyrrole nitrogens is 1. The molecule has 0 radical (unpaired) electrons. The average molecular weight is 488 g/mol. The van der Waals surface area contributed by atoms with Crippen molar-refractivity contribution in [2.24, 2.45) is 5.73 Å². The van der Waals surface area contributed by atoms with Gasteiger partial charge in [-0.2, -0.15) is 13.2 Å². The largest absolute Gasteiger partial charge is 0.490 e. The Balaban J connectivity index is 0.000000383. The minimum Gasteiger partial charge on any atom is -0.477 e. The number of carboxylic acid groups (broad SMARTS) is 2. The normalized spacial score (nSPS) is 23.9. The maximum absolute atomic E-state index is 12.2. The zero-order valence-electron chi connectivity index (χ0n) is 16.8. The number of nitrogens with one attached hydrogen (secondary N) is 2. The third-order valence-electron chi connectivity index (χ3n) is 5.12. The number of carbonyl (C=O) groups excluding carboxylic acids is 1. The number of amides is 1. The molecule has 0 aliphatic carbocycles. The van der Waals surface area contributed by atoms with E-state index in [2.05, 4.69) is 10.3 Å². The number of thioether (sulfide) groups is 1. The summed E-state index contributed by atoms with van der Waals surface area (Å²) in [6, 6.07) is 2.56. The summed E-state index contributed by atoms with van der Waals surface area (Å²) >= 11 is 1.46. The number of hydrogen-bond acceptors (Lipinski definition) is 7. The van der Waals surface area contributed by atoms with Crippen LogP contribution in [0.3, 0.4) is 0 Å². The zero-order chi connectivity index (χ0) is 24.5. The maximum atomic E-state index is 12.2. The van der Waals surface area contributed by atoms with Crippen molar-refractivity contribution < 1.29 is 37.8 Å². The summed E-state index contributed by atoms with van der Waals surface area (Å²) in [7, 11) is 0. The predicted octanol–water partition coefficient (Wildman–Crippen LogP) is 0.336. The van der Waals surface area contributed by atoms with Crippen LogP contribution < -0.4 is 16.6 Å². The molecular weight excluding hydrogens is 469 g/mol. The third kappa shape index (κ3) is 4.96. The molecule has 1 aromatic rings. The molecule has 4 heterocycles. The van der Waals surface area contributed by atoms with Gasteiger partial charge in [0.05, 0.1) is 0 Å². The molecule has 1 amide bonds. The van der Waals surface area contributed by atoms with Crippen LogP contribution in [-0.4, -0.2) is 74.4 Å². The molecule has 0 unspecified atom stereocenters. The predicted molar refractivity (Wildman–Crippen MR) is 111 cm³/mol. The van der Waals surface area contributed by atoms with Crippen LogP contribution in [-0.2, 0) is 14.4 Å². The van der Waals surface area contributed by atoms with Gasteiger partial charge < -0.3 is 26.2 Å². The second kappa shape index (κ2) is 9.41. The fourth-order valence-electron chi connectivity index (χ4n) is 3.68. The van der Waals surface area contributed by atoms with Crippen LogP contribution in [0.4, 0.5) is 13.2 Å². The Morgan fingerprint density at radius 3 is 2.42 bits per heavy atom. The summed E-state index contributed by atoms with van der Waals surface area (Å²) in [6.07, 6.45) is -2.77. The fraction of sp³-hybridized carbons (Fsp3) is 0.368. The third-order valence-corrected chi connectivity index (χ3v) is 6.42. The first-order valence-corrected chi connectivity index (χ1v) is 10.6. The molecule has 4 rings (SSSR count). The molecule has 3 aliphatic heterocycles. The van der Waals surface area contributed by atoms with Crippen LogP contribution in [0.1, 0.15) is 12.0 Å². The van der Waals surface area contributed by atoms with Gasteiger partial charge in [-0.05, 0) is 35.7 Å². The Kier molecular flexibility index (Phi) is 7.00. The van der Waals surface area contributed by atoms with E-state index in [-0.39, 0.29) is 22.5 Å². The lowest BCUT2D eigenvalue weighted by molar-refractivity contribution is -0.192. The van der Waals surface area contributed by atoms with E-state index in [0.717, 1.165) is 24.1 Å². The van der Waals surface area contributed by atoms with Crippen LogP contribution in [0.5, 0.6) is 0 Å². The summed E-state index contributed by atoms with van der Waals surface area (Å²) in [5.41, 5.74) is 8.57. The van der Waals surface area contributed by atoms with Gasteiger partial charge in [0, 0.05) is 30.1 Å². The standard InChI is InChI=1S/C17H18N4O4S.C2HF3O2/c18-13-15(23)21-14(17(24)25)10(7-26-16(13)21)12(9-1-3-19-6-9)8-2-4-20-11(22)5-8;3-2(4,5)1(6)7/h2,4-5,13,16,19H,1,3,6-7,18H2,(H,20,22)(H,24,25);(H,6,7)/t13-,16-;/m1./s1. The van der Waals surface area contributed by atoms with E-state index < -0.39 is 24.2 Å². The highest BCUT2D eigenvalue weighted by molar-refractivity contribution is 8.00. The molecular formula is C19H19F3N4O6S. The van der Waals surface area contributed by atoms with Crippen molar-refractivity contribution in [2.75, 3.05) is 18.8 Å².